The Morgan fingerprint density at radius 1 is 1.09 bits per heavy atom. The summed E-state index contributed by atoms with van der Waals surface area (Å²) >= 11 is 1.42. The normalized spacial score (nSPS) is 18.0. The molecule has 1 atom stereocenters. The van der Waals surface area contributed by atoms with Crippen LogP contribution in [-0.4, -0.2) is 29.3 Å². The summed E-state index contributed by atoms with van der Waals surface area (Å²) in [7, 11) is 0. The smallest absolute Gasteiger partial charge is 0.264 e. The summed E-state index contributed by atoms with van der Waals surface area (Å²) in [4.78, 5) is 27.5. The molecule has 1 unspecified atom stereocenters. The van der Waals surface area contributed by atoms with E-state index in [-0.39, 0.29) is 17.9 Å². The van der Waals surface area contributed by atoms with Crippen molar-refractivity contribution in [3.05, 3.63) is 52.7 Å². The lowest BCUT2D eigenvalue weighted by atomic mass is 10.0. The fraction of sp³-hybridized carbons (Fsp3) is 0.294. The lowest BCUT2D eigenvalue weighted by molar-refractivity contribution is -0.121. The number of likely N-dealkylation sites (tertiary alicyclic amines) is 1. The summed E-state index contributed by atoms with van der Waals surface area (Å²) in [6.07, 6.45) is 2.64. The lowest BCUT2D eigenvalue weighted by Gasteiger charge is -2.34. The van der Waals surface area contributed by atoms with Crippen LogP contribution in [0.5, 0.6) is 0 Å². The lowest BCUT2D eigenvalue weighted by Crippen LogP contribution is -2.49. The topological polar surface area (TPSA) is 49.4 Å². The number of thiophene rings is 1. The van der Waals surface area contributed by atoms with E-state index in [2.05, 4.69) is 5.32 Å². The minimum Gasteiger partial charge on any atom is -0.326 e. The second-order valence-corrected chi connectivity index (χ2v) is 6.29. The second kappa shape index (κ2) is 6.75. The summed E-state index contributed by atoms with van der Waals surface area (Å²) in [6, 6.07) is 12.7. The number of benzene rings is 1. The van der Waals surface area contributed by atoms with Crippen LogP contribution in [-0.2, 0) is 4.79 Å². The number of hydrogen-bond donors (Lipinski definition) is 1. The van der Waals surface area contributed by atoms with Crippen molar-refractivity contribution in [1.82, 2.24) is 4.90 Å². The first-order valence-corrected chi connectivity index (χ1v) is 8.34. The number of nitrogens with one attached hydrogen (secondary N) is 1. The molecule has 0 bridgehead atoms. The van der Waals surface area contributed by atoms with E-state index in [0.717, 1.165) is 24.9 Å². The molecular weight excluding hydrogens is 296 g/mol. The van der Waals surface area contributed by atoms with Gasteiger partial charge < -0.3 is 10.2 Å². The molecule has 1 aliphatic heterocycles. The first-order valence-electron chi connectivity index (χ1n) is 7.46. The number of amides is 2. The van der Waals surface area contributed by atoms with Gasteiger partial charge in [0.05, 0.1) is 4.88 Å². The first kappa shape index (κ1) is 14.8. The van der Waals surface area contributed by atoms with Gasteiger partial charge in [0.1, 0.15) is 6.04 Å². The predicted octanol–water partition coefficient (Wildman–Crippen LogP) is 3.38. The molecule has 1 aromatic carbocycles. The summed E-state index contributed by atoms with van der Waals surface area (Å²) in [5.41, 5.74) is 0.765. The standard InChI is InChI=1S/C17H18N2O2S/c20-16(18-13-7-2-1-3-8-13)14-9-4-5-11-19(14)17(21)15-10-6-12-22-15/h1-3,6-8,10,12,14H,4-5,9,11H2,(H,18,20). The monoisotopic (exact) mass is 314 g/mol. The molecule has 1 saturated heterocycles. The zero-order valence-electron chi connectivity index (χ0n) is 12.2. The average molecular weight is 314 g/mol. The van der Waals surface area contributed by atoms with E-state index >= 15 is 0 Å². The highest BCUT2D eigenvalue weighted by Crippen LogP contribution is 2.23. The third-order valence-electron chi connectivity index (χ3n) is 3.84. The zero-order chi connectivity index (χ0) is 15.4. The van der Waals surface area contributed by atoms with Gasteiger partial charge in [0.15, 0.2) is 0 Å². The highest BCUT2D eigenvalue weighted by molar-refractivity contribution is 7.12. The minimum atomic E-state index is -0.386. The molecule has 0 aliphatic carbocycles. The van der Waals surface area contributed by atoms with Gasteiger partial charge in [-0.3, -0.25) is 9.59 Å². The predicted molar refractivity (Wildman–Crippen MR) is 88.1 cm³/mol. The van der Waals surface area contributed by atoms with Gasteiger partial charge in [-0.1, -0.05) is 24.3 Å². The van der Waals surface area contributed by atoms with E-state index in [4.69, 9.17) is 0 Å². The van der Waals surface area contributed by atoms with Crippen LogP contribution >= 0.6 is 11.3 Å². The number of para-hydroxylation sites is 1. The maximum absolute atomic E-state index is 12.6. The fourth-order valence-electron chi connectivity index (χ4n) is 2.74. The van der Waals surface area contributed by atoms with Gasteiger partial charge >= 0.3 is 0 Å². The van der Waals surface area contributed by atoms with Crippen LogP contribution < -0.4 is 5.32 Å². The van der Waals surface area contributed by atoms with Crippen molar-refractivity contribution in [2.75, 3.05) is 11.9 Å². The quantitative estimate of drug-likeness (QED) is 0.944. The largest absolute Gasteiger partial charge is 0.326 e. The van der Waals surface area contributed by atoms with Gasteiger partial charge in [0.2, 0.25) is 5.91 Å². The Bertz CT molecular complexity index is 640. The first-order chi connectivity index (χ1) is 10.8. The fourth-order valence-corrected chi connectivity index (χ4v) is 3.42. The van der Waals surface area contributed by atoms with Crippen LogP contribution in [0.1, 0.15) is 28.9 Å². The Balaban J connectivity index is 1.75. The summed E-state index contributed by atoms with van der Waals surface area (Å²) in [6.45, 7) is 0.642. The molecule has 5 heteroatoms. The number of piperidine rings is 1. The molecule has 1 N–H and O–H groups in total. The number of carbonyl (C=O) groups excluding carboxylic acids is 2. The molecule has 3 rings (SSSR count). The Kier molecular flexibility index (Phi) is 4.53. The zero-order valence-corrected chi connectivity index (χ0v) is 13.0. The third kappa shape index (κ3) is 3.20. The van der Waals surface area contributed by atoms with E-state index in [1.807, 2.05) is 47.8 Å². The SMILES string of the molecule is O=C(Nc1ccccc1)C1CCCCN1C(=O)c1cccs1. The van der Waals surface area contributed by atoms with Gasteiger partial charge in [-0.15, -0.1) is 11.3 Å². The Morgan fingerprint density at radius 2 is 1.91 bits per heavy atom. The van der Waals surface area contributed by atoms with Gasteiger partial charge in [-0.25, -0.2) is 0 Å². The molecule has 0 spiro atoms. The number of anilines is 1. The minimum absolute atomic E-state index is 0.0390. The molecule has 0 radical (unpaired) electrons. The Hall–Kier alpha value is -2.14. The van der Waals surface area contributed by atoms with Crippen molar-refractivity contribution in [3.63, 3.8) is 0 Å². The van der Waals surface area contributed by atoms with E-state index in [0.29, 0.717) is 11.4 Å². The molecule has 2 aromatic rings. The summed E-state index contributed by atoms with van der Waals surface area (Å²) < 4.78 is 0. The van der Waals surface area contributed by atoms with Gasteiger partial charge in [0.25, 0.3) is 5.91 Å². The molecule has 2 heterocycles. The summed E-state index contributed by atoms with van der Waals surface area (Å²) in [5, 5.41) is 4.80. The maximum atomic E-state index is 12.6. The Morgan fingerprint density at radius 3 is 2.64 bits per heavy atom. The van der Waals surface area contributed by atoms with E-state index < -0.39 is 0 Å². The highest BCUT2D eigenvalue weighted by Gasteiger charge is 2.32. The third-order valence-corrected chi connectivity index (χ3v) is 4.70. The van der Waals surface area contributed by atoms with Crippen molar-refractivity contribution in [1.29, 1.82) is 0 Å². The molecule has 2 amide bonds. The molecule has 1 aromatic heterocycles. The van der Waals surface area contributed by atoms with Crippen LogP contribution in [0.2, 0.25) is 0 Å². The number of rotatable bonds is 3. The molecule has 114 valence electrons. The molecule has 4 nitrogen and oxygen atoms in total. The Labute approximate surface area is 133 Å². The van der Waals surface area contributed by atoms with E-state index in [1.54, 1.807) is 4.90 Å². The molecule has 22 heavy (non-hydrogen) atoms. The molecule has 1 aliphatic rings. The van der Waals surface area contributed by atoms with Crippen LogP contribution in [0.4, 0.5) is 5.69 Å². The van der Waals surface area contributed by atoms with Crippen molar-refractivity contribution >= 4 is 28.8 Å². The molecule has 0 saturated carbocycles. The van der Waals surface area contributed by atoms with Crippen LogP contribution in [0.3, 0.4) is 0 Å². The number of hydrogen-bond acceptors (Lipinski definition) is 3. The van der Waals surface area contributed by atoms with Crippen LogP contribution in [0.25, 0.3) is 0 Å². The average Bonchev–Trinajstić information content (AvgIpc) is 3.09. The summed E-state index contributed by atoms with van der Waals surface area (Å²) in [5.74, 6) is -0.140. The van der Waals surface area contributed by atoms with Gasteiger partial charge in [0, 0.05) is 12.2 Å². The van der Waals surface area contributed by atoms with Crippen molar-refractivity contribution in [2.24, 2.45) is 0 Å². The van der Waals surface area contributed by atoms with Crippen LogP contribution in [0.15, 0.2) is 47.8 Å². The van der Waals surface area contributed by atoms with Gasteiger partial charge in [-0.05, 0) is 42.8 Å². The van der Waals surface area contributed by atoms with E-state index in [9.17, 15) is 9.59 Å². The number of nitrogens with zero attached hydrogens (tertiary/aromatic N) is 1. The molecule has 1 fully saturated rings. The van der Waals surface area contributed by atoms with Crippen LogP contribution in [0, 0.1) is 0 Å². The van der Waals surface area contributed by atoms with Crippen molar-refractivity contribution in [3.8, 4) is 0 Å². The highest BCUT2D eigenvalue weighted by atomic mass is 32.1. The van der Waals surface area contributed by atoms with Crippen molar-refractivity contribution < 1.29 is 9.59 Å². The second-order valence-electron chi connectivity index (χ2n) is 5.34. The van der Waals surface area contributed by atoms with Gasteiger partial charge in [-0.2, -0.15) is 0 Å². The maximum Gasteiger partial charge on any atom is 0.264 e. The van der Waals surface area contributed by atoms with Crippen molar-refractivity contribution in [2.45, 2.75) is 25.3 Å². The van der Waals surface area contributed by atoms with E-state index in [1.165, 1.54) is 11.3 Å². The molecular formula is C17H18N2O2S. The number of carbonyl (C=O) groups is 2.